The smallest absolute Gasteiger partial charge is 0.236 e. The number of piperazine rings is 1. The second-order valence-corrected chi connectivity index (χ2v) is 5.40. The van der Waals surface area contributed by atoms with Crippen molar-refractivity contribution in [3.8, 4) is 0 Å². The van der Waals surface area contributed by atoms with Crippen molar-refractivity contribution in [1.82, 2.24) is 15.1 Å². The molecule has 98 valence electrons. The van der Waals surface area contributed by atoms with Gasteiger partial charge in [0.15, 0.2) is 0 Å². The lowest BCUT2D eigenvalue weighted by molar-refractivity contribution is -0.132. The summed E-state index contributed by atoms with van der Waals surface area (Å²) in [6, 6.07) is 0. The molecular formula is C12H23N3O2. The monoisotopic (exact) mass is 241 g/mol. The van der Waals surface area contributed by atoms with E-state index < -0.39 is 0 Å². The standard InChI is InChI=1S/C12H23N3O2/c1-12(3-8-17-10-12)13-9-11(16)15-6-4-14(2)5-7-15/h13H,3-10H2,1-2H3. The molecule has 1 amide bonds. The van der Waals surface area contributed by atoms with Crippen LogP contribution in [0.4, 0.5) is 0 Å². The number of carbonyl (C=O) groups is 1. The number of hydrogen-bond acceptors (Lipinski definition) is 4. The zero-order chi connectivity index (χ0) is 12.3. The predicted octanol–water partition coefficient (Wildman–Crippen LogP) is -0.471. The molecule has 2 aliphatic heterocycles. The van der Waals surface area contributed by atoms with Gasteiger partial charge in [-0.2, -0.15) is 0 Å². The van der Waals surface area contributed by atoms with Crippen LogP contribution in [0.25, 0.3) is 0 Å². The van der Waals surface area contributed by atoms with Crippen LogP contribution in [0.15, 0.2) is 0 Å². The van der Waals surface area contributed by atoms with Gasteiger partial charge in [-0.1, -0.05) is 0 Å². The van der Waals surface area contributed by atoms with Crippen LogP contribution in [0, 0.1) is 0 Å². The number of ether oxygens (including phenoxy) is 1. The molecule has 17 heavy (non-hydrogen) atoms. The molecule has 2 heterocycles. The van der Waals surface area contributed by atoms with E-state index in [9.17, 15) is 4.79 Å². The van der Waals surface area contributed by atoms with E-state index in [1.165, 1.54) is 0 Å². The Balaban J connectivity index is 1.73. The van der Waals surface area contributed by atoms with Crippen molar-refractivity contribution in [2.45, 2.75) is 18.9 Å². The van der Waals surface area contributed by atoms with Gasteiger partial charge in [-0.3, -0.25) is 4.79 Å². The predicted molar refractivity (Wildman–Crippen MR) is 65.9 cm³/mol. The van der Waals surface area contributed by atoms with Crippen molar-refractivity contribution in [3.63, 3.8) is 0 Å². The average Bonchev–Trinajstić information content (AvgIpc) is 2.75. The summed E-state index contributed by atoms with van der Waals surface area (Å²) < 4.78 is 5.36. The summed E-state index contributed by atoms with van der Waals surface area (Å²) in [6.45, 7) is 7.72. The van der Waals surface area contributed by atoms with Crippen molar-refractivity contribution in [2.24, 2.45) is 0 Å². The van der Waals surface area contributed by atoms with Gasteiger partial charge < -0.3 is 19.9 Å². The number of nitrogens with zero attached hydrogens (tertiary/aromatic N) is 2. The molecule has 2 rings (SSSR count). The first-order chi connectivity index (χ1) is 8.09. The van der Waals surface area contributed by atoms with E-state index in [2.05, 4.69) is 24.2 Å². The highest BCUT2D eigenvalue weighted by Crippen LogP contribution is 2.17. The summed E-state index contributed by atoms with van der Waals surface area (Å²) in [4.78, 5) is 16.2. The molecule has 1 atom stereocenters. The van der Waals surface area contributed by atoms with Crippen molar-refractivity contribution in [1.29, 1.82) is 0 Å². The first-order valence-electron chi connectivity index (χ1n) is 6.38. The maximum Gasteiger partial charge on any atom is 0.236 e. The van der Waals surface area contributed by atoms with Gasteiger partial charge in [0.05, 0.1) is 13.2 Å². The van der Waals surface area contributed by atoms with Crippen LogP contribution in [-0.2, 0) is 9.53 Å². The molecule has 0 aliphatic carbocycles. The van der Waals surface area contributed by atoms with Crippen LogP contribution >= 0.6 is 0 Å². The normalized spacial score (nSPS) is 30.8. The van der Waals surface area contributed by atoms with E-state index in [1.807, 2.05) is 4.90 Å². The molecule has 0 saturated carbocycles. The Labute approximate surface area is 103 Å². The zero-order valence-corrected chi connectivity index (χ0v) is 10.9. The zero-order valence-electron chi connectivity index (χ0n) is 10.9. The first-order valence-corrected chi connectivity index (χ1v) is 6.38. The van der Waals surface area contributed by atoms with Crippen LogP contribution in [0.2, 0.25) is 0 Å². The Bertz CT molecular complexity index is 269. The Morgan fingerprint density at radius 3 is 2.65 bits per heavy atom. The molecular weight excluding hydrogens is 218 g/mol. The molecule has 2 fully saturated rings. The largest absolute Gasteiger partial charge is 0.379 e. The number of amides is 1. The summed E-state index contributed by atoms with van der Waals surface area (Å²) in [7, 11) is 2.09. The lowest BCUT2D eigenvalue weighted by Crippen LogP contribution is -2.52. The van der Waals surface area contributed by atoms with Crippen molar-refractivity contribution in [3.05, 3.63) is 0 Å². The van der Waals surface area contributed by atoms with Gasteiger partial charge in [0.25, 0.3) is 0 Å². The van der Waals surface area contributed by atoms with Gasteiger partial charge in [0, 0.05) is 38.3 Å². The third-order valence-electron chi connectivity index (χ3n) is 3.74. The molecule has 5 nitrogen and oxygen atoms in total. The molecule has 0 aromatic heterocycles. The first kappa shape index (κ1) is 12.8. The van der Waals surface area contributed by atoms with Gasteiger partial charge in [-0.15, -0.1) is 0 Å². The van der Waals surface area contributed by atoms with Gasteiger partial charge in [-0.05, 0) is 20.4 Å². The maximum atomic E-state index is 12.0. The minimum absolute atomic E-state index is 0.0117. The Hall–Kier alpha value is -0.650. The number of rotatable bonds is 3. The molecule has 0 spiro atoms. The fourth-order valence-electron chi connectivity index (χ4n) is 2.26. The highest BCUT2D eigenvalue weighted by Gasteiger charge is 2.30. The number of hydrogen-bond donors (Lipinski definition) is 1. The second kappa shape index (κ2) is 5.33. The van der Waals surface area contributed by atoms with E-state index in [-0.39, 0.29) is 11.4 Å². The second-order valence-electron chi connectivity index (χ2n) is 5.40. The van der Waals surface area contributed by atoms with E-state index in [1.54, 1.807) is 0 Å². The van der Waals surface area contributed by atoms with E-state index in [0.717, 1.165) is 39.2 Å². The topological polar surface area (TPSA) is 44.8 Å². The third-order valence-corrected chi connectivity index (χ3v) is 3.74. The van der Waals surface area contributed by atoms with Crippen molar-refractivity contribution in [2.75, 3.05) is 53.0 Å². The summed E-state index contributed by atoms with van der Waals surface area (Å²) in [6.07, 6.45) is 0.989. The molecule has 2 aliphatic rings. The number of nitrogens with one attached hydrogen (secondary N) is 1. The number of likely N-dealkylation sites (N-methyl/N-ethyl adjacent to an activating group) is 1. The fourth-order valence-corrected chi connectivity index (χ4v) is 2.26. The Kier molecular flexibility index (Phi) is 4.01. The summed E-state index contributed by atoms with van der Waals surface area (Å²) >= 11 is 0. The van der Waals surface area contributed by atoms with Gasteiger partial charge >= 0.3 is 0 Å². The van der Waals surface area contributed by atoms with E-state index >= 15 is 0 Å². The van der Waals surface area contributed by atoms with Crippen LogP contribution in [-0.4, -0.2) is 74.2 Å². The van der Waals surface area contributed by atoms with Gasteiger partial charge in [-0.25, -0.2) is 0 Å². The van der Waals surface area contributed by atoms with Crippen LogP contribution in [0.5, 0.6) is 0 Å². The minimum Gasteiger partial charge on any atom is -0.379 e. The SMILES string of the molecule is CN1CCN(C(=O)CNC2(C)CCOC2)CC1. The van der Waals surface area contributed by atoms with Gasteiger partial charge in [0.2, 0.25) is 5.91 Å². The average molecular weight is 241 g/mol. The molecule has 0 radical (unpaired) electrons. The number of carbonyl (C=O) groups excluding carboxylic acids is 1. The molecule has 1 N–H and O–H groups in total. The van der Waals surface area contributed by atoms with Crippen LogP contribution in [0.3, 0.4) is 0 Å². The summed E-state index contributed by atoms with van der Waals surface area (Å²) in [5, 5.41) is 3.34. The van der Waals surface area contributed by atoms with Crippen molar-refractivity contribution >= 4 is 5.91 Å². The minimum atomic E-state index is -0.0117. The maximum absolute atomic E-state index is 12.0. The molecule has 0 aromatic carbocycles. The third kappa shape index (κ3) is 3.40. The molecule has 1 unspecified atom stereocenters. The van der Waals surface area contributed by atoms with E-state index in [0.29, 0.717) is 13.2 Å². The quantitative estimate of drug-likeness (QED) is 0.725. The van der Waals surface area contributed by atoms with Crippen LogP contribution in [0.1, 0.15) is 13.3 Å². The lowest BCUT2D eigenvalue weighted by Gasteiger charge is -2.33. The fraction of sp³-hybridized carbons (Fsp3) is 0.917. The highest BCUT2D eigenvalue weighted by atomic mass is 16.5. The Morgan fingerprint density at radius 1 is 1.35 bits per heavy atom. The molecule has 5 heteroatoms. The lowest BCUT2D eigenvalue weighted by atomic mass is 10.0. The van der Waals surface area contributed by atoms with Crippen molar-refractivity contribution < 1.29 is 9.53 Å². The molecule has 0 bridgehead atoms. The molecule has 0 aromatic rings. The van der Waals surface area contributed by atoms with Gasteiger partial charge in [0.1, 0.15) is 0 Å². The highest BCUT2D eigenvalue weighted by molar-refractivity contribution is 5.78. The summed E-state index contributed by atoms with van der Waals surface area (Å²) in [5.74, 6) is 0.214. The summed E-state index contributed by atoms with van der Waals surface area (Å²) in [5.41, 5.74) is -0.0117. The Morgan fingerprint density at radius 2 is 2.06 bits per heavy atom. The van der Waals surface area contributed by atoms with Crippen LogP contribution < -0.4 is 5.32 Å². The van der Waals surface area contributed by atoms with E-state index in [4.69, 9.17) is 4.74 Å². The molecule has 2 saturated heterocycles.